The molecule has 7 heteroatoms. The van der Waals surface area contributed by atoms with Gasteiger partial charge in [-0.3, -0.25) is 0 Å². The molecule has 0 spiro atoms. The fourth-order valence-corrected chi connectivity index (χ4v) is 2.00. The first-order valence-corrected chi connectivity index (χ1v) is 5.35. The van der Waals surface area contributed by atoms with Crippen molar-refractivity contribution in [2.45, 2.75) is 5.03 Å². The zero-order valence-corrected chi connectivity index (χ0v) is 7.79. The summed E-state index contributed by atoms with van der Waals surface area (Å²) in [6.45, 7) is 0. The van der Waals surface area contributed by atoms with E-state index in [-0.39, 0.29) is 5.02 Å². The summed E-state index contributed by atoms with van der Waals surface area (Å²) >= 11 is 5.35. The number of hydrogen-bond donors (Lipinski definition) is 0. The summed E-state index contributed by atoms with van der Waals surface area (Å²) in [4.78, 5) is 3.22. The Morgan fingerprint density at radius 3 is 2.50 bits per heavy atom. The Balaban J connectivity index is 3.39. The van der Waals surface area contributed by atoms with Crippen molar-refractivity contribution in [3.8, 4) is 0 Å². The van der Waals surface area contributed by atoms with E-state index in [2.05, 4.69) is 4.98 Å². The van der Waals surface area contributed by atoms with Gasteiger partial charge in [-0.2, -0.15) is 0 Å². The Labute approximate surface area is 77.6 Å². The maximum absolute atomic E-state index is 12.4. The maximum Gasteiger partial charge on any atom is 0.280 e. The Bertz CT molecular complexity index is 406. The van der Waals surface area contributed by atoms with E-state index in [1.54, 1.807) is 0 Å². The normalized spacial score (nSPS) is 11.6. The number of hydrogen-bond acceptors (Lipinski definition) is 3. The van der Waals surface area contributed by atoms with Gasteiger partial charge >= 0.3 is 0 Å². The van der Waals surface area contributed by atoms with Crippen molar-refractivity contribution in [2.24, 2.45) is 0 Å². The van der Waals surface area contributed by atoms with Crippen molar-refractivity contribution in [2.75, 3.05) is 0 Å². The summed E-state index contributed by atoms with van der Waals surface area (Å²) in [6.07, 6.45) is 0.723. The van der Waals surface area contributed by atoms with Crippen molar-refractivity contribution in [1.82, 2.24) is 4.98 Å². The molecule has 0 aliphatic heterocycles. The summed E-state index contributed by atoms with van der Waals surface area (Å²) in [5.41, 5.74) is 0. The summed E-state index contributed by atoms with van der Waals surface area (Å²) < 4.78 is 33.7. The van der Waals surface area contributed by atoms with Crippen molar-refractivity contribution >= 4 is 31.3 Å². The second-order valence-electron chi connectivity index (χ2n) is 1.88. The van der Waals surface area contributed by atoms with E-state index in [0.29, 0.717) is 0 Å². The van der Waals surface area contributed by atoms with Crippen LogP contribution in [0.4, 0.5) is 4.39 Å². The third-order valence-corrected chi connectivity index (χ3v) is 2.63. The van der Waals surface area contributed by atoms with Crippen LogP contribution in [0.15, 0.2) is 17.3 Å². The lowest BCUT2D eigenvalue weighted by Gasteiger charge is -1.96. The van der Waals surface area contributed by atoms with Crippen LogP contribution in [0.2, 0.25) is 5.02 Å². The van der Waals surface area contributed by atoms with Gasteiger partial charge in [0.25, 0.3) is 9.05 Å². The fourth-order valence-electron chi connectivity index (χ4n) is 0.581. The van der Waals surface area contributed by atoms with Crippen LogP contribution < -0.4 is 0 Å². The molecule has 0 saturated heterocycles. The van der Waals surface area contributed by atoms with E-state index >= 15 is 0 Å². The lowest BCUT2D eigenvalue weighted by molar-refractivity contribution is 0.599. The second kappa shape index (κ2) is 3.16. The van der Waals surface area contributed by atoms with Gasteiger partial charge in [0.05, 0.1) is 11.2 Å². The fraction of sp³-hybridized carbons (Fsp3) is 0. The highest BCUT2D eigenvalue weighted by atomic mass is 35.7. The maximum atomic E-state index is 12.4. The summed E-state index contributed by atoms with van der Waals surface area (Å²) in [6, 6.07) is 0.823. The molecule has 3 nitrogen and oxygen atoms in total. The average molecular weight is 230 g/mol. The van der Waals surface area contributed by atoms with Crippen LogP contribution in [0.1, 0.15) is 0 Å². The highest BCUT2D eigenvalue weighted by Crippen LogP contribution is 2.22. The molecule has 1 heterocycles. The van der Waals surface area contributed by atoms with Crippen LogP contribution >= 0.6 is 22.3 Å². The van der Waals surface area contributed by atoms with Crippen LogP contribution in [0.25, 0.3) is 0 Å². The van der Waals surface area contributed by atoms with Gasteiger partial charge < -0.3 is 0 Å². The molecule has 12 heavy (non-hydrogen) atoms. The summed E-state index contributed by atoms with van der Waals surface area (Å²) in [5, 5.41) is -0.864. The van der Waals surface area contributed by atoms with Gasteiger partial charge in [0, 0.05) is 10.7 Å². The molecule has 1 aromatic heterocycles. The zero-order valence-electron chi connectivity index (χ0n) is 5.46. The second-order valence-corrected chi connectivity index (χ2v) is 4.77. The van der Waals surface area contributed by atoms with Gasteiger partial charge in [-0.25, -0.2) is 17.8 Å². The third-order valence-electron chi connectivity index (χ3n) is 1.01. The molecule has 0 atom stereocenters. The van der Waals surface area contributed by atoms with Crippen molar-refractivity contribution in [1.29, 1.82) is 0 Å². The molecule has 66 valence electrons. The van der Waals surface area contributed by atoms with Gasteiger partial charge in [-0.05, 0) is 6.07 Å². The molecule has 1 rings (SSSR count). The SMILES string of the molecule is O=S(=O)(Cl)c1ncc(F)cc1Cl. The smallest absolute Gasteiger partial charge is 0.239 e. The molecule has 0 aromatic carbocycles. The van der Waals surface area contributed by atoms with Crippen LogP contribution in [0, 0.1) is 5.82 Å². The van der Waals surface area contributed by atoms with Gasteiger partial charge in [0.2, 0.25) is 0 Å². The average Bonchev–Trinajstić information content (AvgIpc) is 1.83. The van der Waals surface area contributed by atoms with E-state index in [4.69, 9.17) is 22.3 Å². The number of nitrogens with zero attached hydrogens (tertiary/aromatic N) is 1. The zero-order chi connectivity index (χ0) is 9.35. The van der Waals surface area contributed by atoms with Gasteiger partial charge in [0.1, 0.15) is 5.82 Å². The van der Waals surface area contributed by atoms with Crippen molar-refractivity contribution < 1.29 is 12.8 Å². The van der Waals surface area contributed by atoms with Crippen LogP contribution in [-0.4, -0.2) is 13.4 Å². The molecule has 0 saturated carbocycles. The molecule has 1 aromatic rings. The molecule has 0 bridgehead atoms. The standard InChI is InChI=1S/C5H2Cl2FNO2S/c6-4-1-3(8)2-9-5(4)12(7,10)11/h1-2H. The van der Waals surface area contributed by atoms with E-state index in [0.717, 1.165) is 12.3 Å². The van der Waals surface area contributed by atoms with Gasteiger partial charge in [0.15, 0.2) is 5.03 Å². The Hall–Kier alpha value is -0.390. The van der Waals surface area contributed by atoms with E-state index in [9.17, 15) is 12.8 Å². The highest BCUT2D eigenvalue weighted by molar-refractivity contribution is 8.13. The minimum atomic E-state index is -3.99. The topological polar surface area (TPSA) is 47.0 Å². The van der Waals surface area contributed by atoms with Crippen LogP contribution in [0.5, 0.6) is 0 Å². The quantitative estimate of drug-likeness (QED) is 0.691. The summed E-state index contributed by atoms with van der Waals surface area (Å²) in [5.74, 6) is -0.718. The molecule has 0 fully saturated rings. The Morgan fingerprint density at radius 1 is 1.50 bits per heavy atom. The first-order chi connectivity index (χ1) is 5.41. The lowest BCUT2D eigenvalue weighted by atomic mass is 10.5. The largest absolute Gasteiger partial charge is 0.280 e. The van der Waals surface area contributed by atoms with Crippen molar-refractivity contribution in [3.63, 3.8) is 0 Å². The first-order valence-electron chi connectivity index (χ1n) is 2.67. The monoisotopic (exact) mass is 229 g/mol. The Kier molecular flexibility index (Phi) is 2.55. The van der Waals surface area contributed by atoms with Gasteiger partial charge in [-0.1, -0.05) is 11.6 Å². The minimum absolute atomic E-state index is 0.329. The predicted molar refractivity (Wildman–Crippen MR) is 42.2 cm³/mol. The van der Waals surface area contributed by atoms with Crippen LogP contribution in [-0.2, 0) is 9.05 Å². The van der Waals surface area contributed by atoms with E-state index in [1.165, 1.54) is 0 Å². The highest BCUT2D eigenvalue weighted by Gasteiger charge is 2.16. The first kappa shape index (κ1) is 9.70. The number of halogens is 3. The lowest BCUT2D eigenvalue weighted by Crippen LogP contribution is -1.96. The van der Waals surface area contributed by atoms with Crippen molar-refractivity contribution in [3.05, 3.63) is 23.1 Å². The molecule has 0 aliphatic carbocycles. The number of aromatic nitrogens is 1. The third kappa shape index (κ3) is 2.06. The molecule has 0 N–H and O–H groups in total. The molecule has 0 amide bonds. The summed E-state index contributed by atoms with van der Waals surface area (Å²) in [7, 11) is 0.931. The van der Waals surface area contributed by atoms with E-state index < -0.39 is 19.9 Å². The molecule has 0 unspecified atom stereocenters. The van der Waals surface area contributed by atoms with Crippen LogP contribution in [0.3, 0.4) is 0 Å². The predicted octanol–water partition coefficient (Wildman–Crippen LogP) is 1.80. The van der Waals surface area contributed by atoms with E-state index in [1.807, 2.05) is 0 Å². The molecular formula is C5H2Cl2FNO2S. The molecule has 0 aliphatic rings. The number of rotatable bonds is 1. The Morgan fingerprint density at radius 2 is 2.08 bits per heavy atom. The number of pyridine rings is 1. The van der Waals surface area contributed by atoms with Gasteiger partial charge in [-0.15, -0.1) is 0 Å². The molecule has 0 radical (unpaired) electrons. The molecular weight excluding hydrogens is 228 g/mol. The minimum Gasteiger partial charge on any atom is -0.239 e.